The van der Waals surface area contributed by atoms with E-state index in [1.165, 1.54) is 18.4 Å². The van der Waals surface area contributed by atoms with E-state index in [9.17, 15) is 0 Å². The Kier molecular flexibility index (Phi) is 3.27. The molecule has 1 unspecified atom stereocenters. The van der Waals surface area contributed by atoms with Crippen molar-refractivity contribution in [3.63, 3.8) is 0 Å². The minimum absolute atomic E-state index is 0.189. The van der Waals surface area contributed by atoms with Crippen molar-refractivity contribution in [3.05, 3.63) is 17.7 Å². The molecule has 0 aromatic heterocycles. The van der Waals surface area contributed by atoms with Gasteiger partial charge < -0.3 is 19.5 Å². The summed E-state index contributed by atoms with van der Waals surface area (Å²) in [7, 11) is 1.67. The molecule has 19 heavy (non-hydrogen) atoms. The summed E-state index contributed by atoms with van der Waals surface area (Å²) in [6, 6.07) is 4.15. The van der Waals surface area contributed by atoms with Gasteiger partial charge in [0, 0.05) is 5.54 Å². The maximum absolute atomic E-state index is 5.68. The van der Waals surface area contributed by atoms with Gasteiger partial charge in [0.2, 0.25) is 5.75 Å². The van der Waals surface area contributed by atoms with E-state index in [0.29, 0.717) is 13.2 Å². The van der Waals surface area contributed by atoms with Crippen molar-refractivity contribution < 1.29 is 14.2 Å². The Labute approximate surface area is 114 Å². The molecule has 1 saturated heterocycles. The lowest BCUT2D eigenvalue weighted by Gasteiger charge is -2.26. The molecule has 0 spiro atoms. The lowest BCUT2D eigenvalue weighted by atomic mass is 9.91. The number of hydrogen-bond donors (Lipinski definition) is 1. The second-order valence-electron chi connectivity index (χ2n) is 5.59. The quantitative estimate of drug-likeness (QED) is 0.907. The number of methoxy groups -OCH3 is 1. The number of ether oxygens (including phenoxy) is 3. The molecule has 1 aromatic rings. The van der Waals surface area contributed by atoms with Gasteiger partial charge in [-0.25, -0.2) is 0 Å². The number of hydrogen-bond acceptors (Lipinski definition) is 4. The average Bonchev–Trinajstić information content (AvgIpc) is 2.84. The molecule has 1 N–H and O–H groups in total. The van der Waals surface area contributed by atoms with Crippen LogP contribution in [0.3, 0.4) is 0 Å². The predicted octanol–water partition coefficient (Wildman–Crippen LogP) is 2.15. The van der Waals surface area contributed by atoms with Crippen LogP contribution in [-0.4, -0.2) is 32.4 Å². The molecule has 0 aliphatic carbocycles. The van der Waals surface area contributed by atoms with Crippen LogP contribution in [0.15, 0.2) is 12.1 Å². The lowest BCUT2D eigenvalue weighted by molar-refractivity contribution is 0.164. The van der Waals surface area contributed by atoms with Crippen LogP contribution in [0.5, 0.6) is 17.2 Å². The Morgan fingerprint density at radius 1 is 1.32 bits per heavy atom. The number of rotatable bonds is 3. The highest BCUT2D eigenvalue weighted by Crippen LogP contribution is 2.41. The van der Waals surface area contributed by atoms with Crippen molar-refractivity contribution in [1.29, 1.82) is 0 Å². The normalized spacial score (nSPS) is 25.4. The van der Waals surface area contributed by atoms with E-state index < -0.39 is 0 Å². The minimum Gasteiger partial charge on any atom is -0.493 e. The van der Waals surface area contributed by atoms with Crippen molar-refractivity contribution in [3.8, 4) is 17.2 Å². The van der Waals surface area contributed by atoms with Gasteiger partial charge in [-0.3, -0.25) is 0 Å². The third-order valence-corrected chi connectivity index (χ3v) is 3.94. The maximum Gasteiger partial charge on any atom is 0.203 e. The van der Waals surface area contributed by atoms with Crippen LogP contribution in [0, 0.1) is 0 Å². The molecule has 2 aliphatic rings. The highest BCUT2D eigenvalue weighted by molar-refractivity contribution is 5.54. The molecule has 0 saturated carbocycles. The Bertz CT molecular complexity index is 449. The van der Waals surface area contributed by atoms with Crippen LogP contribution < -0.4 is 19.5 Å². The van der Waals surface area contributed by atoms with Gasteiger partial charge >= 0.3 is 0 Å². The first-order chi connectivity index (χ1) is 9.20. The fourth-order valence-corrected chi connectivity index (χ4v) is 2.99. The average molecular weight is 263 g/mol. The molecule has 0 amide bonds. The summed E-state index contributed by atoms with van der Waals surface area (Å²) >= 11 is 0. The van der Waals surface area contributed by atoms with Crippen LogP contribution in [0.2, 0.25) is 0 Å². The second kappa shape index (κ2) is 4.93. The van der Waals surface area contributed by atoms with Crippen molar-refractivity contribution in [1.82, 2.24) is 5.32 Å². The summed E-state index contributed by atoms with van der Waals surface area (Å²) in [5, 5.41) is 3.59. The Morgan fingerprint density at radius 2 is 2.16 bits per heavy atom. The van der Waals surface area contributed by atoms with Crippen LogP contribution in [-0.2, 0) is 6.42 Å². The first-order valence-corrected chi connectivity index (χ1v) is 6.92. The molecule has 4 nitrogen and oxygen atoms in total. The third kappa shape index (κ3) is 2.50. The van der Waals surface area contributed by atoms with Gasteiger partial charge in [-0.15, -0.1) is 0 Å². The summed E-state index contributed by atoms with van der Waals surface area (Å²) in [4.78, 5) is 0. The predicted molar refractivity (Wildman–Crippen MR) is 73.3 cm³/mol. The van der Waals surface area contributed by atoms with Crippen molar-refractivity contribution in [2.75, 3.05) is 26.9 Å². The first-order valence-electron chi connectivity index (χ1n) is 6.92. The van der Waals surface area contributed by atoms with Gasteiger partial charge in [0.15, 0.2) is 11.5 Å². The van der Waals surface area contributed by atoms with E-state index in [1.807, 2.05) is 0 Å². The van der Waals surface area contributed by atoms with E-state index in [2.05, 4.69) is 24.4 Å². The van der Waals surface area contributed by atoms with E-state index in [1.54, 1.807) is 7.11 Å². The van der Waals surface area contributed by atoms with Gasteiger partial charge in [-0.2, -0.15) is 0 Å². The largest absolute Gasteiger partial charge is 0.493 e. The molecule has 1 atom stereocenters. The van der Waals surface area contributed by atoms with Gasteiger partial charge in [-0.05, 0) is 50.4 Å². The Morgan fingerprint density at radius 3 is 2.89 bits per heavy atom. The lowest BCUT2D eigenvalue weighted by Crippen LogP contribution is -2.38. The molecule has 0 bridgehead atoms. The fourth-order valence-electron chi connectivity index (χ4n) is 2.99. The van der Waals surface area contributed by atoms with Crippen molar-refractivity contribution >= 4 is 0 Å². The highest BCUT2D eigenvalue weighted by Gasteiger charge is 2.29. The van der Waals surface area contributed by atoms with Crippen LogP contribution in [0.25, 0.3) is 0 Å². The molecule has 4 heteroatoms. The molecule has 1 aromatic carbocycles. The maximum atomic E-state index is 5.68. The molecule has 0 radical (unpaired) electrons. The summed E-state index contributed by atoms with van der Waals surface area (Å²) < 4.78 is 16.7. The number of fused-ring (bicyclic) bond motifs is 1. The van der Waals surface area contributed by atoms with Gasteiger partial charge in [0.05, 0.1) is 7.11 Å². The highest BCUT2D eigenvalue weighted by atomic mass is 16.6. The second-order valence-corrected chi connectivity index (χ2v) is 5.59. The fraction of sp³-hybridized carbons (Fsp3) is 0.600. The number of benzene rings is 1. The first kappa shape index (κ1) is 12.6. The Balaban J connectivity index is 1.89. The van der Waals surface area contributed by atoms with E-state index in [4.69, 9.17) is 14.2 Å². The van der Waals surface area contributed by atoms with Gasteiger partial charge in [-0.1, -0.05) is 0 Å². The smallest absolute Gasteiger partial charge is 0.203 e. The Hall–Kier alpha value is -1.42. The van der Waals surface area contributed by atoms with Crippen LogP contribution >= 0.6 is 0 Å². The summed E-state index contributed by atoms with van der Waals surface area (Å²) in [5.74, 6) is 2.32. The molecule has 2 heterocycles. The zero-order valence-electron chi connectivity index (χ0n) is 11.6. The van der Waals surface area contributed by atoms with E-state index in [-0.39, 0.29) is 5.54 Å². The molecule has 2 aliphatic heterocycles. The molecular formula is C15H21NO3. The molecule has 104 valence electrons. The van der Waals surface area contributed by atoms with Crippen molar-refractivity contribution in [2.45, 2.75) is 31.7 Å². The zero-order valence-corrected chi connectivity index (χ0v) is 11.6. The van der Waals surface area contributed by atoms with Crippen molar-refractivity contribution in [2.24, 2.45) is 0 Å². The minimum atomic E-state index is 0.189. The zero-order chi connectivity index (χ0) is 13.3. The summed E-state index contributed by atoms with van der Waals surface area (Å²) in [6.45, 7) is 4.58. The third-order valence-electron chi connectivity index (χ3n) is 3.94. The van der Waals surface area contributed by atoms with E-state index >= 15 is 0 Å². The summed E-state index contributed by atoms with van der Waals surface area (Å²) in [6.07, 6.45) is 3.45. The molecular weight excluding hydrogens is 242 g/mol. The topological polar surface area (TPSA) is 39.7 Å². The van der Waals surface area contributed by atoms with Crippen LogP contribution in [0.4, 0.5) is 0 Å². The molecule has 3 rings (SSSR count). The van der Waals surface area contributed by atoms with Gasteiger partial charge in [0.25, 0.3) is 0 Å². The monoisotopic (exact) mass is 263 g/mol. The SMILES string of the molecule is COc1cc(CC2(C)CCCN2)cc2c1OCCO2. The van der Waals surface area contributed by atoms with Gasteiger partial charge in [0.1, 0.15) is 13.2 Å². The van der Waals surface area contributed by atoms with Crippen LogP contribution in [0.1, 0.15) is 25.3 Å². The van der Waals surface area contributed by atoms with E-state index in [0.717, 1.165) is 30.2 Å². The molecule has 1 fully saturated rings. The standard InChI is InChI=1S/C15H21NO3/c1-15(4-3-5-16-15)10-11-8-12(17-2)14-13(9-11)18-6-7-19-14/h8-9,16H,3-7,10H2,1-2H3. The summed E-state index contributed by atoms with van der Waals surface area (Å²) in [5.41, 5.74) is 1.42. The number of nitrogens with one attached hydrogen (secondary N) is 1.